The van der Waals surface area contributed by atoms with Gasteiger partial charge in [-0.05, 0) is 322 Å². The summed E-state index contributed by atoms with van der Waals surface area (Å²) in [6.45, 7) is 53.7. The Balaban J connectivity index is 0.000000601. The van der Waals surface area contributed by atoms with Crippen LogP contribution in [0.1, 0.15) is 287 Å². The fourth-order valence-corrected chi connectivity index (χ4v) is 11.6. The minimum atomic E-state index is -0.351. The number of benzene rings is 8. The van der Waals surface area contributed by atoms with E-state index in [2.05, 4.69) is 220 Å². The molecule has 0 aliphatic rings. The predicted octanol–water partition coefficient (Wildman–Crippen LogP) is 33.3. The second-order valence-electron chi connectivity index (χ2n) is 29.7. The summed E-state index contributed by atoms with van der Waals surface area (Å²) in [6.07, 6.45) is 5.50. The number of rotatable bonds is 10. The van der Waals surface area contributed by atoms with Crippen molar-refractivity contribution in [3.05, 3.63) is 336 Å². The van der Waals surface area contributed by atoms with E-state index in [0.29, 0.717) is 68.1 Å². The fourth-order valence-electron chi connectivity index (χ4n) is 10.1. The molecular formula is C94H118Br3Cl2F7N2. The van der Waals surface area contributed by atoms with E-state index < -0.39 is 0 Å². The third-order valence-corrected chi connectivity index (χ3v) is 19.9. The minimum Gasteiger partial charge on any atom is -0.265 e. The molecule has 10 rings (SSSR count). The molecule has 0 N–H and O–H groups in total. The maximum atomic E-state index is 13.0. The Morgan fingerprint density at radius 1 is 0.259 bits per heavy atom. The molecule has 2 heterocycles. The molecule has 0 aliphatic carbocycles. The van der Waals surface area contributed by atoms with Gasteiger partial charge < -0.3 is 0 Å². The first-order chi connectivity index (χ1) is 50.3. The Morgan fingerprint density at radius 3 is 0.898 bits per heavy atom. The topological polar surface area (TPSA) is 25.8 Å². The standard InChI is InChI=1S/C10H12BrF.C10H12ClF.3C10H13F.C9H10BrF.C9H12BrN.C9H10ClF.C9H12.C8H11N/c2*1-6(2)8-5-9(11)10(12)4-7(8)3;3*1-7(2)9-4-5-10(11)8(3)6-9;1-6(2)7-3-4-9(11)8(10)5-7;1-6(2)8-4-5-11-9(10)7(8)3;1-6(2)7-3-4-9(11)8(10)5-7;1-8(2)9-6-4-3-5-7-9;1-7(2)8-3-5-9-6-4-8/h2*4-6H,1-3H3;3*4-7H,1-3H3;3-6H,1-2H3;4-6H,1-3H3;3-6H,1-2H3;3-8H,1-2H3;3-7H,1-2H3. The summed E-state index contributed by atoms with van der Waals surface area (Å²) in [6, 6.07) is 49.1. The zero-order chi connectivity index (χ0) is 82.6. The van der Waals surface area contributed by atoms with Crippen LogP contribution in [-0.4, -0.2) is 9.97 Å². The molecule has 2 nitrogen and oxygen atoms in total. The Morgan fingerprint density at radius 2 is 0.574 bits per heavy atom. The van der Waals surface area contributed by atoms with Crippen LogP contribution in [0.2, 0.25) is 10.0 Å². The van der Waals surface area contributed by atoms with E-state index in [-0.39, 0.29) is 50.8 Å². The molecule has 0 spiro atoms. The summed E-state index contributed by atoms with van der Waals surface area (Å²) in [5.74, 6) is 3.57. The van der Waals surface area contributed by atoms with Crippen LogP contribution in [0.5, 0.6) is 0 Å². The van der Waals surface area contributed by atoms with Crippen molar-refractivity contribution in [2.45, 2.75) is 239 Å². The lowest BCUT2D eigenvalue weighted by Crippen LogP contribution is -1.93. The van der Waals surface area contributed by atoms with Gasteiger partial charge in [0.25, 0.3) is 0 Å². The zero-order valence-electron chi connectivity index (χ0n) is 68.5. The van der Waals surface area contributed by atoms with Crippen LogP contribution in [0.4, 0.5) is 30.7 Å². The number of halogens is 12. The van der Waals surface area contributed by atoms with Gasteiger partial charge in [-0.1, -0.05) is 241 Å². The summed E-state index contributed by atoms with van der Waals surface area (Å²) in [5, 5.41) is 0.417. The van der Waals surface area contributed by atoms with Gasteiger partial charge in [0.15, 0.2) is 0 Å². The van der Waals surface area contributed by atoms with Gasteiger partial charge in [0.05, 0.1) is 19.0 Å². The maximum absolute atomic E-state index is 13.0. The van der Waals surface area contributed by atoms with Crippen molar-refractivity contribution < 1.29 is 30.7 Å². The van der Waals surface area contributed by atoms with Crippen molar-refractivity contribution in [3.63, 3.8) is 0 Å². The summed E-state index contributed by atoms with van der Waals surface area (Å²) >= 11 is 21.0. The summed E-state index contributed by atoms with van der Waals surface area (Å²) in [7, 11) is 0. The predicted molar refractivity (Wildman–Crippen MR) is 462 cm³/mol. The molecular weight excluding hydrogens is 1600 g/mol. The first kappa shape index (κ1) is 99.6. The maximum Gasteiger partial charge on any atom is 0.142 e. The Hall–Kier alpha value is -6.41. The van der Waals surface area contributed by atoms with Gasteiger partial charge >= 0.3 is 0 Å². The molecule has 2 aromatic heterocycles. The van der Waals surface area contributed by atoms with Crippen molar-refractivity contribution in [3.8, 4) is 0 Å². The van der Waals surface area contributed by atoms with E-state index in [1.54, 1.807) is 45.0 Å². The molecule has 10 aromatic rings. The van der Waals surface area contributed by atoms with Crippen LogP contribution >= 0.6 is 71.0 Å². The molecule has 0 atom stereocenters. The highest BCUT2D eigenvalue weighted by molar-refractivity contribution is 9.11. The van der Waals surface area contributed by atoms with Crippen molar-refractivity contribution in [2.75, 3.05) is 0 Å². The fraction of sp³-hybridized carbons (Fsp3) is 0.383. The molecule has 0 saturated heterocycles. The lowest BCUT2D eigenvalue weighted by atomic mass is 9.98. The van der Waals surface area contributed by atoms with Crippen LogP contribution in [0, 0.1) is 82.3 Å². The molecule has 0 fully saturated rings. The van der Waals surface area contributed by atoms with Gasteiger partial charge in [0, 0.05) is 18.6 Å². The SMILES string of the molecule is CC(C)c1ccc(F)c(Br)c1.CC(C)c1ccc(F)c(Cl)c1.CC(C)c1ccccc1.CC(C)c1ccncc1.Cc1c(C(C)C)ccnc1Br.Cc1cc(C(C)C)ccc1F.Cc1cc(C(C)C)ccc1F.Cc1cc(C(C)C)ccc1F.Cc1cc(F)c(Br)cc1C(C)C.Cc1cc(F)c(Cl)cc1C(C)C. The quantitative estimate of drug-likeness (QED) is 0.101. The third kappa shape index (κ3) is 37.5. The van der Waals surface area contributed by atoms with Crippen LogP contribution < -0.4 is 0 Å². The highest BCUT2D eigenvalue weighted by atomic mass is 79.9. The first-order valence-corrected chi connectivity index (χ1v) is 40.1. The van der Waals surface area contributed by atoms with Crippen molar-refractivity contribution in [2.24, 2.45) is 0 Å². The summed E-state index contributed by atoms with van der Waals surface area (Å²) < 4.78 is 91.6. The van der Waals surface area contributed by atoms with Gasteiger partial charge in [-0.3, -0.25) is 4.98 Å². The Kier molecular flexibility index (Phi) is 47.2. The van der Waals surface area contributed by atoms with Crippen LogP contribution in [0.15, 0.2) is 196 Å². The molecule has 0 saturated carbocycles. The molecule has 0 bridgehead atoms. The highest BCUT2D eigenvalue weighted by Gasteiger charge is 2.12. The van der Waals surface area contributed by atoms with Crippen LogP contribution in [0.25, 0.3) is 0 Å². The molecule has 0 amide bonds. The Bertz CT molecular complexity index is 3820. The van der Waals surface area contributed by atoms with Crippen molar-refractivity contribution in [1.29, 1.82) is 0 Å². The van der Waals surface area contributed by atoms with Crippen LogP contribution in [0.3, 0.4) is 0 Å². The summed E-state index contributed by atoms with van der Waals surface area (Å²) in [5.41, 5.74) is 17.7. The molecule has 14 heteroatoms. The second kappa shape index (κ2) is 51.2. The van der Waals surface area contributed by atoms with Gasteiger partial charge in [-0.15, -0.1) is 0 Å². The molecule has 588 valence electrons. The average molecular weight is 1720 g/mol. The van der Waals surface area contributed by atoms with E-state index in [4.69, 9.17) is 23.2 Å². The molecule has 0 aliphatic heterocycles. The number of aromatic nitrogens is 2. The number of hydrogen-bond acceptors (Lipinski definition) is 2. The van der Waals surface area contributed by atoms with Gasteiger partial charge in [0.2, 0.25) is 0 Å². The molecule has 0 radical (unpaired) electrons. The van der Waals surface area contributed by atoms with Crippen molar-refractivity contribution in [1.82, 2.24) is 9.97 Å². The number of aryl methyl sites for hydroxylation is 5. The van der Waals surface area contributed by atoms with E-state index >= 15 is 0 Å². The number of nitrogens with zero attached hydrogens (tertiary/aromatic N) is 2. The number of hydrogen-bond donors (Lipinski definition) is 0. The molecule has 108 heavy (non-hydrogen) atoms. The highest BCUT2D eigenvalue weighted by Crippen LogP contribution is 2.30. The van der Waals surface area contributed by atoms with E-state index in [1.165, 1.54) is 80.9 Å². The van der Waals surface area contributed by atoms with Crippen molar-refractivity contribution >= 4 is 71.0 Å². The lowest BCUT2D eigenvalue weighted by molar-refractivity contribution is 0.616. The zero-order valence-corrected chi connectivity index (χ0v) is 74.8. The van der Waals surface area contributed by atoms with E-state index in [0.717, 1.165) is 49.1 Å². The third-order valence-electron chi connectivity index (χ3n) is 17.3. The van der Waals surface area contributed by atoms with E-state index in [1.807, 2.05) is 119 Å². The average Bonchev–Trinajstić information content (AvgIpc) is 0.834. The van der Waals surface area contributed by atoms with Gasteiger partial charge in [-0.25, -0.2) is 35.7 Å². The number of pyridine rings is 2. The van der Waals surface area contributed by atoms with E-state index in [9.17, 15) is 30.7 Å². The Labute approximate surface area is 681 Å². The molecule has 8 aromatic carbocycles. The largest absolute Gasteiger partial charge is 0.265 e. The summed E-state index contributed by atoms with van der Waals surface area (Å²) in [4.78, 5) is 8.07. The van der Waals surface area contributed by atoms with Gasteiger partial charge in [-0.2, -0.15) is 0 Å². The molecule has 0 unspecified atom stereocenters. The second-order valence-corrected chi connectivity index (χ2v) is 32.9. The van der Waals surface area contributed by atoms with Crippen LogP contribution in [-0.2, 0) is 0 Å². The first-order valence-electron chi connectivity index (χ1n) is 37.0. The minimum absolute atomic E-state index is 0.116. The monoisotopic (exact) mass is 1710 g/mol. The van der Waals surface area contributed by atoms with Gasteiger partial charge in [0.1, 0.15) is 45.3 Å². The lowest BCUT2D eigenvalue weighted by Gasteiger charge is -2.10. The normalized spacial score (nSPS) is 10.6. The smallest absolute Gasteiger partial charge is 0.142 e.